The Hall–Kier alpha value is -2.06. The number of nitrogens with zero attached hydrogens (tertiary/aromatic N) is 1. The van der Waals surface area contributed by atoms with Crippen LogP contribution in [0.3, 0.4) is 0 Å². The van der Waals surface area contributed by atoms with E-state index in [-0.39, 0.29) is 24.7 Å². The number of aliphatic carboxylic acids is 1. The number of hydrogen-bond donors (Lipinski definition) is 3. The molecule has 24 heavy (non-hydrogen) atoms. The zero-order chi connectivity index (χ0) is 18.2. The van der Waals surface area contributed by atoms with Crippen LogP contribution in [0.2, 0.25) is 0 Å². The van der Waals surface area contributed by atoms with E-state index in [0.29, 0.717) is 45.2 Å². The van der Waals surface area contributed by atoms with Crippen molar-refractivity contribution in [3.63, 3.8) is 0 Å². The molecule has 134 valence electrons. The molecular weight excluding hydrogens is 314 g/mol. The molecule has 0 saturated heterocycles. The summed E-state index contributed by atoms with van der Waals surface area (Å²) in [5.41, 5.74) is 9.28. The molecule has 1 atom stereocenters. The van der Waals surface area contributed by atoms with Crippen LogP contribution in [0.4, 0.5) is 0 Å². The number of imide groups is 1. The van der Waals surface area contributed by atoms with E-state index in [1.54, 1.807) is 0 Å². The Morgan fingerprint density at radius 1 is 1.04 bits per heavy atom. The highest BCUT2D eigenvalue weighted by atomic mass is 16.4. The van der Waals surface area contributed by atoms with Crippen LogP contribution >= 0.6 is 0 Å². The zero-order valence-electron chi connectivity index (χ0n) is 13.7. The van der Waals surface area contributed by atoms with Crippen LogP contribution < -0.4 is 11.5 Å². The lowest BCUT2D eigenvalue weighted by molar-refractivity contribution is -0.149. The molecule has 8 nitrogen and oxygen atoms in total. The molecule has 1 aliphatic rings. The van der Waals surface area contributed by atoms with Crippen LogP contribution in [0.25, 0.3) is 0 Å². The molecule has 0 spiro atoms. The first-order valence-corrected chi connectivity index (χ1v) is 8.12. The van der Waals surface area contributed by atoms with Crippen molar-refractivity contribution in [3.05, 3.63) is 12.2 Å². The van der Waals surface area contributed by atoms with Crippen molar-refractivity contribution in [1.82, 2.24) is 4.90 Å². The smallest absolute Gasteiger partial charge is 0.331 e. The monoisotopic (exact) mass is 339 g/mol. The third-order valence-corrected chi connectivity index (χ3v) is 4.09. The summed E-state index contributed by atoms with van der Waals surface area (Å²) < 4.78 is 0. The second-order valence-electron chi connectivity index (χ2n) is 5.92. The molecule has 1 aliphatic heterocycles. The lowest BCUT2D eigenvalue weighted by atomic mass is 9.86. The first-order valence-electron chi connectivity index (χ1n) is 8.12. The summed E-state index contributed by atoms with van der Waals surface area (Å²) in [6.07, 6.45) is 5.30. The minimum Gasteiger partial charge on any atom is -0.480 e. The van der Waals surface area contributed by atoms with E-state index in [1.165, 1.54) is 12.2 Å². The van der Waals surface area contributed by atoms with Crippen LogP contribution in [-0.4, -0.2) is 52.2 Å². The second kappa shape index (κ2) is 9.29. The number of carbonyl (C=O) groups excluding carboxylic acids is 3. The molecule has 1 heterocycles. The lowest BCUT2D eigenvalue weighted by Crippen LogP contribution is -2.54. The Morgan fingerprint density at radius 3 is 2.21 bits per heavy atom. The van der Waals surface area contributed by atoms with Crippen molar-refractivity contribution in [2.45, 2.75) is 50.5 Å². The number of ketones is 1. The lowest BCUT2D eigenvalue weighted by Gasteiger charge is -2.23. The van der Waals surface area contributed by atoms with Crippen LogP contribution in [0.5, 0.6) is 0 Å². The average Bonchev–Trinajstić information content (AvgIpc) is 2.85. The normalized spacial score (nSPS) is 16.5. The van der Waals surface area contributed by atoms with Gasteiger partial charge in [0.1, 0.15) is 0 Å². The molecule has 8 heteroatoms. The van der Waals surface area contributed by atoms with E-state index in [2.05, 4.69) is 0 Å². The molecule has 0 fully saturated rings. The Morgan fingerprint density at radius 2 is 1.67 bits per heavy atom. The van der Waals surface area contributed by atoms with Crippen LogP contribution in [0, 0.1) is 0 Å². The molecule has 0 aliphatic carbocycles. The van der Waals surface area contributed by atoms with Gasteiger partial charge in [-0.15, -0.1) is 0 Å². The van der Waals surface area contributed by atoms with Crippen molar-refractivity contribution in [3.8, 4) is 0 Å². The third-order valence-electron chi connectivity index (χ3n) is 4.09. The first kappa shape index (κ1) is 20.0. The zero-order valence-corrected chi connectivity index (χ0v) is 13.7. The van der Waals surface area contributed by atoms with Gasteiger partial charge in [-0.1, -0.05) is 6.42 Å². The van der Waals surface area contributed by atoms with Gasteiger partial charge in [-0.2, -0.15) is 0 Å². The van der Waals surface area contributed by atoms with E-state index in [1.807, 2.05) is 0 Å². The molecule has 0 aromatic carbocycles. The van der Waals surface area contributed by atoms with Crippen molar-refractivity contribution in [2.75, 3.05) is 13.1 Å². The molecule has 0 saturated carbocycles. The Balaban J connectivity index is 2.34. The summed E-state index contributed by atoms with van der Waals surface area (Å²) >= 11 is 0. The molecule has 2 amide bonds. The van der Waals surface area contributed by atoms with Gasteiger partial charge in [-0.25, -0.2) is 4.79 Å². The van der Waals surface area contributed by atoms with Crippen molar-refractivity contribution < 1.29 is 24.3 Å². The minimum atomic E-state index is -1.86. The van der Waals surface area contributed by atoms with E-state index >= 15 is 0 Å². The number of carbonyl (C=O) groups is 4. The van der Waals surface area contributed by atoms with Crippen LogP contribution in [-0.2, 0) is 19.2 Å². The van der Waals surface area contributed by atoms with Gasteiger partial charge in [0.15, 0.2) is 11.3 Å². The van der Waals surface area contributed by atoms with Gasteiger partial charge in [-0.05, 0) is 38.6 Å². The van der Waals surface area contributed by atoms with Crippen molar-refractivity contribution >= 4 is 23.6 Å². The first-order chi connectivity index (χ1) is 11.3. The second-order valence-corrected chi connectivity index (χ2v) is 5.92. The van der Waals surface area contributed by atoms with Gasteiger partial charge in [0.25, 0.3) is 11.8 Å². The van der Waals surface area contributed by atoms with Crippen molar-refractivity contribution in [1.29, 1.82) is 0 Å². The van der Waals surface area contributed by atoms with Gasteiger partial charge >= 0.3 is 5.97 Å². The number of unbranched alkanes of at least 4 members (excludes halogenated alkanes) is 3. The summed E-state index contributed by atoms with van der Waals surface area (Å²) in [4.78, 5) is 47.3. The Bertz CT molecular complexity index is 514. The molecule has 0 aromatic rings. The summed E-state index contributed by atoms with van der Waals surface area (Å²) in [6, 6.07) is 0. The fourth-order valence-corrected chi connectivity index (χ4v) is 2.52. The largest absolute Gasteiger partial charge is 0.480 e. The minimum absolute atomic E-state index is 0.0611. The predicted octanol–water partition coefficient (Wildman–Crippen LogP) is -0.0480. The van der Waals surface area contributed by atoms with Gasteiger partial charge in [-0.3, -0.25) is 19.3 Å². The fourth-order valence-electron chi connectivity index (χ4n) is 2.52. The highest BCUT2D eigenvalue weighted by Gasteiger charge is 2.40. The molecule has 1 unspecified atom stereocenters. The van der Waals surface area contributed by atoms with Crippen molar-refractivity contribution in [2.24, 2.45) is 11.5 Å². The number of rotatable bonds is 12. The highest BCUT2D eigenvalue weighted by molar-refractivity contribution is 6.12. The number of nitrogens with two attached hydrogens (primary N) is 2. The number of carboxylic acid groups (broad SMARTS) is 1. The standard InChI is InChI=1S/C16H25N3O5/c17-10-4-3-9-16(18,15(23)24)12(20)6-2-1-5-11-19-13(21)7-8-14(19)22/h7-8H,1-6,9-11,17-18H2,(H,23,24). The van der Waals surface area contributed by atoms with Gasteiger partial charge in [0, 0.05) is 25.1 Å². The molecule has 0 radical (unpaired) electrons. The SMILES string of the molecule is NCCCCC(N)(C(=O)O)C(=O)CCCCCN1C(=O)C=CC1=O. The van der Waals surface area contributed by atoms with E-state index in [0.717, 1.165) is 4.90 Å². The summed E-state index contributed by atoms with van der Waals surface area (Å²) in [6.45, 7) is 0.717. The maximum absolute atomic E-state index is 12.2. The number of Topliss-reactive ketones (excluding diaryl/α,β-unsaturated/α-hetero) is 1. The average molecular weight is 339 g/mol. The number of hydrogen-bond acceptors (Lipinski definition) is 6. The topological polar surface area (TPSA) is 144 Å². The highest BCUT2D eigenvalue weighted by Crippen LogP contribution is 2.17. The molecular formula is C16H25N3O5. The number of carboxylic acids is 1. The van der Waals surface area contributed by atoms with Gasteiger partial charge in [0.05, 0.1) is 0 Å². The maximum Gasteiger partial charge on any atom is 0.331 e. The van der Waals surface area contributed by atoms with Gasteiger partial charge in [0.2, 0.25) is 0 Å². The van der Waals surface area contributed by atoms with Crippen LogP contribution in [0.15, 0.2) is 12.2 Å². The summed E-state index contributed by atoms with van der Waals surface area (Å²) in [5, 5.41) is 9.24. The third kappa shape index (κ3) is 5.24. The van der Waals surface area contributed by atoms with E-state index in [4.69, 9.17) is 11.5 Å². The number of amides is 2. The van der Waals surface area contributed by atoms with Crippen LogP contribution in [0.1, 0.15) is 44.9 Å². The summed E-state index contributed by atoms with van der Waals surface area (Å²) in [5.74, 6) is -2.48. The molecule has 0 bridgehead atoms. The Labute approximate surface area is 140 Å². The van der Waals surface area contributed by atoms with Gasteiger partial charge < -0.3 is 16.6 Å². The maximum atomic E-state index is 12.2. The molecule has 5 N–H and O–H groups in total. The quantitative estimate of drug-likeness (QED) is 0.257. The summed E-state index contributed by atoms with van der Waals surface area (Å²) in [7, 11) is 0. The Kier molecular flexibility index (Phi) is 7.73. The van der Waals surface area contributed by atoms with E-state index in [9.17, 15) is 24.3 Å². The fraction of sp³-hybridized carbons (Fsp3) is 0.625. The predicted molar refractivity (Wildman–Crippen MR) is 86.8 cm³/mol. The van der Waals surface area contributed by atoms with E-state index < -0.39 is 17.3 Å². The molecule has 0 aromatic heterocycles. The molecule has 1 rings (SSSR count).